The maximum Gasteiger partial charge on any atom is 0.110 e. The maximum atomic E-state index is 10.8. The van der Waals surface area contributed by atoms with E-state index in [4.69, 9.17) is 23.2 Å². The van der Waals surface area contributed by atoms with Crippen LogP contribution in [0.25, 0.3) is 0 Å². The molecule has 0 bridgehead atoms. The van der Waals surface area contributed by atoms with E-state index in [1.165, 1.54) is 0 Å². The lowest BCUT2D eigenvalue weighted by Crippen LogP contribution is -2.48. The third-order valence-electron chi connectivity index (χ3n) is 4.41. The first kappa shape index (κ1) is 19.4. The number of aliphatic hydroxyl groups is 1. The van der Waals surface area contributed by atoms with Crippen LogP contribution in [-0.4, -0.2) is 35.3 Å². The number of nitrogens with zero attached hydrogens (tertiary/aromatic N) is 2. The minimum Gasteiger partial charge on any atom is -0.390 e. The Morgan fingerprint density at radius 1 is 1.33 bits per heavy atom. The molecule has 1 aromatic carbocycles. The standard InChI is InChI=1S/C18H27Cl2N3O/c1-12(7-13-5-6-14(19)9-15(13)20)8-16(17(24)18(2,3)4)23-11-21-10-22-23/h5-6,9-10,12,16-17,24H,7-8,11H2,1-4H3,(H,21,22)/t12-,16-,17-/m0/s1. The lowest BCUT2D eigenvalue weighted by molar-refractivity contribution is -0.0251. The summed E-state index contributed by atoms with van der Waals surface area (Å²) in [6.45, 7) is 8.97. The normalized spacial score (nSPS) is 18.4. The second-order valence-corrected chi connectivity index (χ2v) is 8.55. The van der Waals surface area contributed by atoms with E-state index in [-0.39, 0.29) is 11.5 Å². The van der Waals surface area contributed by atoms with Gasteiger partial charge in [0.15, 0.2) is 0 Å². The van der Waals surface area contributed by atoms with Gasteiger partial charge in [-0.1, -0.05) is 57.0 Å². The highest BCUT2D eigenvalue weighted by Gasteiger charge is 2.35. The summed E-state index contributed by atoms with van der Waals surface area (Å²) < 4.78 is 0. The fourth-order valence-corrected chi connectivity index (χ4v) is 3.53. The van der Waals surface area contributed by atoms with E-state index in [1.807, 2.05) is 17.1 Å². The lowest BCUT2D eigenvalue weighted by atomic mass is 9.80. The summed E-state index contributed by atoms with van der Waals surface area (Å²) in [6, 6.07) is 5.58. The molecule has 2 rings (SSSR count). The van der Waals surface area contributed by atoms with E-state index in [0.29, 0.717) is 22.6 Å². The molecular formula is C18H27Cl2N3O. The molecule has 0 saturated carbocycles. The van der Waals surface area contributed by atoms with Crippen molar-refractivity contribution < 1.29 is 5.11 Å². The molecular weight excluding hydrogens is 345 g/mol. The molecule has 3 atom stereocenters. The zero-order chi connectivity index (χ0) is 17.9. The molecule has 134 valence electrons. The van der Waals surface area contributed by atoms with Crippen LogP contribution in [0.1, 0.15) is 39.7 Å². The molecule has 1 aliphatic heterocycles. The van der Waals surface area contributed by atoms with Crippen molar-refractivity contribution in [1.82, 2.24) is 10.3 Å². The van der Waals surface area contributed by atoms with Crippen LogP contribution in [0.5, 0.6) is 0 Å². The molecule has 4 nitrogen and oxygen atoms in total. The molecule has 0 unspecified atom stereocenters. The van der Waals surface area contributed by atoms with E-state index >= 15 is 0 Å². The van der Waals surface area contributed by atoms with Crippen LogP contribution >= 0.6 is 23.2 Å². The van der Waals surface area contributed by atoms with Gasteiger partial charge >= 0.3 is 0 Å². The smallest absolute Gasteiger partial charge is 0.110 e. The van der Waals surface area contributed by atoms with Crippen LogP contribution in [0.3, 0.4) is 0 Å². The highest BCUT2D eigenvalue weighted by molar-refractivity contribution is 6.35. The number of nitrogens with one attached hydrogen (secondary N) is 1. The van der Waals surface area contributed by atoms with Gasteiger partial charge < -0.3 is 10.4 Å². The van der Waals surface area contributed by atoms with Crippen LogP contribution < -0.4 is 5.32 Å². The minimum atomic E-state index is -0.474. The predicted octanol–water partition coefficient (Wildman–Crippen LogP) is 4.14. The van der Waals surface area contributed by atoms with E-state index < -0.39 is 6.10 Å². The van der Waals surface area contributed by atoms with Crippen LogP contribution in [0.2, 0.25) is 10.0 Å². The zero-order valence-corrected chi connectivity index (χ0v) is 16.3. The van der Waals surface area contributed by atoms with Gasteiger partial charge in [0.05, 0.1) is 12.1 Å². The van der Waals surface area contributed by atoms with Crippen molar-refractivity contribution in [3.05, 3.63) is 33.8 Å². The molecule has 0 aliphatic carbocycles. The fraction of sp³-hybridized carbons (Fsp3) is 0.611. The second-order valence-electron chi connectivity index (χ2n) is 7.71. The van der Waals surface area contributed by atoms with Gasteiger partial charge in [-0.25, -0.2) is 0 Å². The van der Waals surface area contributed by atoms with Gasteiger partial charge in [0.25, 0.3) is 0 Å². The average Bonchev–Trinajstić information content (AvgIpc) is 3.00. The molecule has 1 heterocycles. The summed E-state index contributed by atoms with van der Waals surface area (Å²) in [6.07, 6.45) is 2.88. The number of hydrogen-bond donors (Lipinski definition) is 2. The Kier molecular flexibility index (Phi) is 6.40. The first-order chi connectivity index (χ1) is 11.2. The highest BCUT2D eigenvalue weighted by Crippen LogP contribution is 2.31. The summed E-state index contributed by atoms with van der Waals surface area (Å²) in [5.74, 6) is 0.349. The van der Waals surface area contributed by atoms with Gasteiger partial charge in [0.2, 0.25) is 0 Å². The summed E-state index contributed by atoms with van der Waals surface area (Å²) in [4.78, 5) is 0. The Bertz CT molecular complexity index is 586. The van der Waals surface area contributed by atoms with Gasteiger partial charge in [-0.3, -0.25) is 5.01 Å². The average molecular weight is 372 g/mol. The number of rotatable bonds is 6. The van der Waals surface area contributed by atoms with Gasteiger partial charge in [-0.05, 0) is 41.9 Å². The highest BCUT2D eigenvalue weighted by atomic mass is 35.5. The van der Waals surface area contributed by atoms with E-state index in [2.05, 4.69) is 38.1 Å². The Labute approximate surface area is 154 Å². The predicted molar refractivity (Wildman–Crippen MR) is 102 cm³/mol. The van der Waals surface area contributed by atoms with Crippen molar-refractivity contribution in [2.24, 2.45) is 16.4 Å². The Balaban J connectivity index is 2.09. The van der Waals surface area contributed by atoms with Crippen molar-refractivity contribution in [3.8, 4) is 0 Å². The molecule has 0 aromatic heterocycles. The first-order valence-electron chi connectivity index (χ1n) is 8.33. The van der Waals surface area contributed by atoms with Crippen molar-refractivity contribution >= 4 is 29.5 Å². The monoisotopic (exact) mass is 371 g/mol. The first-order valence-corrected chi connectivity index (χ1v) is 9.08. The minimum absolute atomic E-state index is 0.0441. The van der Waals surface area contributed by atoms with Crippen molar-refractivity contribution in [1.29, 1.82) is 0 Å². The lowest BCUT2D eigenvalue weighted by Gasteiger charge is -2.38. The van der Waals surface area contributed by atoms with Gasteiger partial charge in [-0.15, -0.1) is 0 Å². The number of hydrogen-bond acceptors (Lipinski definition) is 4. The van der Waals surface area contributed by atoms with Crippen LogP contribution in [0, 0.1) is 11.3 Å². The molecule has 0 saturated heterocycles. The van der Waals surface area contributed by atoms with Crippen molar-refractivity contribution in [2.75, 3.05) is 6.67 Å². The molecule has 24 heavy (non-hydrogen) atoms. The number of halogens is 2. The van der Waals surface area contributed by atoms with E-state index in [9.17, 15) is 5.11 Å². The molecule has 0 amide bonds. The maximum absolute atomic E-state index is 10.8. The van der Waals surface area contributed by atoms with Gasteiger partial charge in [0.1, 0.15) is 13.0 Å². The second kappa shape index (κ2) is 7.94. The van der Waals surface area contributed by atoms with Crippen molar-refractivity contribution in [3.63, 3.8) is 0 Å². The molecule has 6 heteroatoms. The quantitative estimate of drug-likeness (QED) is 0.789. The summed E-state index contributed by atoms with van der Waals surface area (Å²) in [5, 5.41) is 21.5. The summed E-state index contributed by atoms with van der Waals surface area (Å²) >= 11 is 12.3. The Morgan fingerprint density at radius 3 is 2.58 bits per heavy atom. The van der Waals surface area contributed by atoms with E-state index in [1.54, 1.807) is 12.4 Å². The van der Waals surface area contributed by atoms with Crippen LogP contribution in [0.4, 0.5) is 0 Å². The molecule has 1 aliphatic rings. The Hall–Kier alpha value is -0.970. The molecule has 0 radical (unpaired) electrons. The SMILES string of the molecule is C[C@@H](Cc1ccc(Cl)cc1Cl)C[C@@H]([C@H](O)C(C)(C)C)N1CNC=N1. The van der Waals surface area contributed by atoms with Gasteiger partial charge in [-0.2, -0.15) is 5.10 Å². The third-order valence-corrected chi connectivity index (χ3v) is 5.00. The summed E-state index contributed by atoms with van der Waals surface area (Å²) in [5.41, 5.74) is 0.876. The van der Waals surface area contributed by atoms with E-state index in [0.717, 1.165) is 18.4 Å². The van der Waals surface area contributed by atoms with Crippen LogP contribution in [-0.2, 0) is 6.42 Å². The number of aliphatic hydroxyl groups excluding tert-OH is 1. The summed E-state index contributed by atoms with van der Waals surface area (Å²) in [7, 11) is 0. The fourth-order valence-electron chi connectivity index (χ4n) is 3.04. The third kappa shape index (κ3) is 5.01. The van der Waals surface area contributed by atoms with Crippen LogP contribution in [0.15, 0.2) is 23.3 Å². The topological polar surface area (TPSA) is 47.9 Å². The Morgan fingerprint density at radius 2 is 2.04 bits per heavy atom. The zero-order valence-electron chi connectivity index (χ0n) is 14.8. The molecule has 1 aromatic rings. The van der Waals surface area contributed by atoms with Crippen molar-refractivity contribution in [2.45, 2.75) is 52.7 Å². The molecule has 0 fully saturated rings. The largest absolute Gasteiger partial charge is 0.390 e. The molecule has 0 spiro atoms. The van der Waals surface area contributed by atoms with Gasteiger partial charge in [0, 0.05) is 10.0 Å². The number of benzene rings is 1. The number of hydrazone groups is 1. The molecule has 2 N–H and O–H groups in total.